The SMILES string of the molecule is CCCC1C(=O)NS(=O)(=O)N1c1ccc(Cn2cc(-c3ccc(Cl)cc3Cl)nc2/C=C/c2ccc(-c3cccc(C(F)(F)F)c3)cc2)cc1. The van der Waals surface area contributed by atoms with Gasteiger partial charge in [-0.25, -0.2) is 14.0 Å². The van der Waals surface area contributed by atoms with Gasteiger partial charge in [0.1, 0.15) is 11.9 Å². The third-order valence-corrected chi connectivity index (χ3v) is 10.0. The lowest BCUT2D eigenvalue weighted by Crippen LogP contribution is -2.35. The third kappa shape index (κ3) is 7.54. The molecule has 2 heterocycles. The monoisotopic (exact) mass is 724 g/mol. The fourth-order valence-electron chi connectivity index (χ4n) is 5.65. The number of hydrogen-bond acceptors (Lipinski definition) is 4. The van der Waals surface area contributed by atoms with Crippen molar-refractivity contribution >= 4 is 57.2 Å². The second kappa shape index (κ2) is 13.7. The van der Waals surface area contributed by atoms with E-state index in [9.17, 15) is 26.4 Å². The summed E-state index contributed by atoms with van der Waals surface area (Å²) in [5, 5.41) is 0.916. The van der Waals surface area contributed by atoms with Crippen LogP contribution in [-0.2, 0) is 27.7 Å². The standard InChI is InChI=1S/C36H29Cl2F3N4O3S/c1-2-4-33-35(46)43-49(47,48)45(33)29-15-9-24(10-16-29)21-44-22-32(30-17-14-28(37)20-31(30)38)42-34(44)18-11-23-7-12-25(13-8-23)26-5-3-6-27(19-26)36(39,40)41/h3,5-20,22,33H,2,4,21H2,1H3,(H,43,46)/b18-11+. The minimum atomic E-state index is -4.43. The van der Waals surface area contributed by atoms with Crippen molar-refractivity contribution in [3.8, 4) is 22.4 Å². The first-order valence-corrected chi connectivity index (χ1v) is 17.5. The maximum Gasteiger partial charge on any atom is 0.416 e. The van der Waals surface area contributed by atoms with Crippen LogP contribution in [0.1, 0.15) is 42.3 Å². The lowest BCUT2D eigenvalue weighted by molar-refractivity contribution is -0.137. The molecule has 5 aromatic rings. The van der Waals surface area contributed by atoms with E-state index in [1.165, 1.54) is 6.07 Å². The number of carbonyl (C=O) groups excluding carboxylic acids is 1. The molecule has 0 radical (unpaired) electrons. The minimum absolute atomic E-state index is 0.370. The number of carbonyl (C=O) groups is 1. The van der Waals surface area contributed by atoms with E-state index in [2.05, 4.69) is 4.72 Å². The van der Waals surface area contributed by atoms with E-state index in [-0.39, 0.29) is 0 Å². The first-order chi connectivity index (χ1) is 23.3. The van der Waals surface area contributed by atoms with Crippen LogP contribution < -0.4 is 9.03 Å². The van der Waals surface area contributed by atoms with Crippen LogP contribution in [0.2, 0.25) is 10.0 Å². The largest absolute Gasteiger partial charge is 0.416 e. The van der Waals surface area contributed by atoms with Gasteiger partial charge in [-0.3, -0.25) is 4.79 Å². The predicted octanol–water partition coefficient (Wildman–Crippen LogP) is 9.11. The van der Waals surface area contributed by atoms with Gasteiger partial charge in [-0.1, -0.05) is 91.2 Å². The van der Waals surface area contributed by atoms with E-state index in [4.69, 9.17) is 28.2 Å². The molecule has 1 saturated heterocycles. The molecule has 0 spiro atoms. The summed E-state index contributed by atoms with van der Waals surface area (Å²) in [5.74, 6) is 0.0476. The van der Waals surface area contributed by atoms with Gasteiger partial charge in [0.15, 0.2) is 0 Å². The average molecular weight is 726 g/mol. The number of aromatic nitrogens is 2. The van der Waals surface area contributed by atoms with Crippen LogP contribution in [0.3, 0.4) is 0 Å². The Morgan fingerprint density at radius 1 is 0.918 bits per heavy atom. The lowest BCUT2D eigenvalue weighted by atomic mass is 10.0. The zero-order valence-electron chi connectivity index (χ0n) is 26.0. The van der Waals surface area contributed by atoms with Gasteiger partial charge in [0.05, 0.1) is 22.0 Å². The summed E-state index contributed by atoms with van der Waals surface area (Å²) in [6.07, 6.45) is 2.12. The number of imidazole rings is 1. The van der Waals surface area contributed by atoms with Crippen molar-refractivity contribution < 1.29 is 26.4 Å². The Kier molecular flexibility index (Phi) is 9.61. The van der Waals surface area contributed by atoms with Gasteiger partial charge in [-0.2, -0.15) is 21.6 Å². The van der Waals surface area contributed by atoms with E-state index in [0.717, 1.165) is 27.6 Å². The maximum atomic E-state index is 13.2. The molecule has 1 amide bonds. The van der Waals surface area contributed by atoms with E-state index in [0.29, 0.717) is 63.3 Å². The van der Waals surface area contributed by atoms with E-state index in [1.807, 2.05) is 42.0 Å². The average Bonchev–Trinajstić information content (AvgIpc) is 3.55. The van der Waals surface area contributed by atoms with Crippen molar-refractivity contribution in [3.05, 3.63) is 130 Å². The highest BCUT2D eigenvalue weighted by atomic mass is 35.5. The summed E-state index contributed by atoms with van der Waals surface area (Å²) in [7, 11) is -3.99. The molecule has 13 heteroatoms. The van der Waals surface area contributed by atoms with Gasteiger partial charge < -0.3 is 4.57 Å². The Hall–Kier alpha value is -4.58. The quantitative estimate of drug-likeness (QED) is 0.164. The molecule has 0 bridgehead atoms. The number of halogens is 5. The number of benzene rings is 4. The van der Waals surface area contributed by atoms with Crippen molar-refractivity contribution in [2.45, 2.75) is 38.5 Å². The predicted molar refractivity (Wildman–Crippen MR) is 187 cm³/mol. The molecule has 1 aliphatic rings. The zero-order valence-corrected chi connectivity index (χ0v) is 28.3. The molecule has 1 aromatic heterocycles. The van der Waals surface area contributed by atoms with Crippen molar-refractivity contribution in [1.29, 1.82) is 0 Å². The number of anilines is 1. The van der Waals surface area contributed by atoms with E-state index < -0.39 is 33.9 Å². The molecule has 6 rings (SSSR count). The van der Waals surface area contributed by atoms with Crippen molar-refractivity contribution in [2.24, 2.45) is 0 Å². The molecule has 1 atom stereocenters. The summed E-state index contributed by atoms with van der Waals surface area (Å²) in [6.45, 7) is 2.26. The fraction of sp³-hybridized carbons (Fsp3) is 0.167. The molecular formula is C36H29Cl2F3N4O3S. The fourth-order valence-corrected chi connectivity index (χ4v) is 7.58. The number of amides is 1. The Balaban J connectivity index is 1.28. The van der Waals surface area contributed by atoms with Crippen LogP contribution in [0.15, 0.2) is 97.2 Å². The summed E-state index contributed by atoms with van der Waals surface area (Å²) in [5.41, 5.74) is 3.72. The van der Waals surface area contributed by atoms with Crippen LogP contribution in [0, 0.1) is 0 Å². The molecule has 1 unspecified atom stereocenters. The van der Waals surface area contributed by atoms with Crippen LogP contribution in [0.25, 0.3) is 34.5 Å². The van der Waals surface area contributed by atoms with Gasteiger partial charge in [0.25, 0.3) is 5.91 Å². The van der Waals surface area contributed by atoms with Gasteiger partial charge in [0, 0.05) is 23.3 Å². The molecular weight excluding hydrogens is 696 g/mol. The summed E-state index contributed by atoms with van der Waals surface area (Å²) in [6, 6.07) is 23.6. The Morgan fingerprint density at radius 2 is 1.65 bits per heavy atom. The van der Waals surface area contributed by atoms with Gasteiger partial charge in [-0.15, -0.1) is 0 Å². The smallest absolute Gasteiger partial charge is 0.326 e. The first kappa shape index (κ1) is 34.3. The van der Waals surface area contributed by atoms with Crippen LogP contribution in [0.5, 0.6) is 0 Å². The molecule has 1 N–H and O–H groups in total. The second-order valence-electron chi connectivity index (χ2n) is 11.5. The van der Waals surface area contributed by atoms with Crippen LogP contribution in [0.4, 0.5) is 18.9 Å². The van der Waals surface area contributed by atoms with E-state index in [1.54, 1.807) is 60.7 Å². The highest BCUT2D eigenvalue weighted by Crippen LogP contribution is 2.33. The highest BCUT2D eigenvalue weighted by Gasteiger charge is 2.43. The summed E-state index contributed by atoms with van der Waals surface area (Å²) < 4.78 is 70.2. The Labute approximate surface area is 291 Å². The highest BCUT2D eigenvalue weighted by molar-refractivity contribution is 7.92. The topological polar surface area (TPSA) is 84.3 Å². The molecule has 1 fully saturated rings. The van der Waals surface area contributed by atoms with Crippen LogP contribution >= 0.6 is 23.2 Å². The second-order valence-corrected chi connectivity index (χ2v) is 13.9. The van der Waals surface area contributed by atoms with Crippen LogP contribution in [-0.4, -0.2) is 29.9 Å². The lowest BCUT2D eigenvalue weighted by Gasteiger charge is -2.22. The van der Waals surface area contributed by atoms with Crippen molar-refractivity contribution in [2.75, 3.05) is 4.31 Å². The number of rotatable bonds is 9. The number of hydrogen-bond donors (Lipinski definition) is 1. The molecule has 7 nitrogen and oxygen atoms in total. The Morgan fingerprint density at radius 3 is 2.33 bits per heavy atom. The third-order valence-electron chi connectivity index (χ3n) is 8.05. The van der Waals surface area contributed by atoms with Crippen molar-refractivity contribution in [1.82, 2.24) is 14.3 Å². The van der Waals surface area contributed by atoms with Gasteiger partial charge >= 0.3 is 16.4 Å². The van der Waals surface area contributed by atoms with Crippen molar-refractivity contribution in [3.63, 3.8) is 0 Å². The van der Waals surface area contributed by atoms with Gasteiger partial charge in [-0.05, 0) is 77.2 Å². The zero-order chi connectivity index (χ0) is 34.9. The number of alkyl halides is 3. The number of nitrogens with zero attached hydrogens (tertiary/aromatic N) is 3. The normalized spacial score (nSPS) is 16.0. The minimum Gasteiger partial charge on any atom is -0.326 e. The molecule has 252 valence electrons. The number of nitrogens with one attached hydrogen (secondary N) is 1. The Bertz CT molecular complexity index is 2150. The molecule has 49 heavy (non-hydrogen) atoms. The summed E-state index contributed by atoms with van der Waals surface area (Å²) >= 11 is 12.6. The molecule has 0 aliphatic carbocycles. The molecule has 1 aliphatic heterocycles. The maximum absolute atomic E-state index is 13.2. The summed E-state index contributed by atoms with van der Waals surface area (Å²) in [4.78, 5) is 17.2. The molecule has 4 aromatic carbocycles. The van der Waals surface area contributed by atoms with Gasteiger partial charge in [0.2, 0.25) is 0 Å². The van der Waals surface area contributed by atoms with E-state index >= 15 is 0 Å². The first-order valence-electron chi connectivity index (χ1n) is 15.3. The molecule has 0 saturated carbocycles.